The maximum atomic E-state index is 13.8. The Bertz CT molecular complexity index is 1040. The first kappa shape index (κ1) is 22.1. The average molecular weight is 469 g/mol. The maximum absolute atomic E-state index is 13.8. The minimum atomic E-state index is -0.543. The number of nitrogens with zero attached hydrogens (tertiary/aromatic N) is 1. The Labute approximate surface area is 186 Å². The summed E-state index contributed by atoms with van der Waals surface area (Å²) in [6.45, 7) is -0.0201. The normalized spacial score (nSPS) is 15.1. The standard InChI is InChI=1S/C20H15Cl2FN2O4S/c1-29-17-13(21)8-12(9-14(17)22)18(26)24-6-7-25-19(27)16(30-20(25)28)10-11-4-2-3-5-15(11)23/h2-5,8-10H,6-7H2,1H3,(H,24,26)/b16-10-. The molecule has 3 amide bonds. The van der Waals surface area contributed by atoms with Gasteiger partial charge in [-0.1, -0.05) is 41.4 Å². The topological polar surface area (TPSA) is 75.7 Å². The van der Waals surface area contributed by atoms with Crippen LogP contribution in [0, 0.1) is 5.82 Å². The monoisotopic (exact) mass is 468 g/mol. The van der Waals surface area contributed by atoms with Crippen LogP contribution < -0.4 is 10.1 Å². The lowest BCUT2D eigenvalue weighted by atomic mass is 10.2. The summed E-state index contributed by atoms with van der Waals surface area (Å²) >= 11 is 12.8. The van der Waals surface area contributed by atoms with Gasteiger partial charge < -0.3 is 10.1 Å². The maximum Gasteiger partial charge on any atom is 0.293 e. The van der Waals surface area contributed by atoms with Gasteiger partial charge in [-0.25, -0.2) is 4.39 Å². The van der Waals surface area contributed by atoms with Crippen LogP contribution in [0.3, 0.4) is 0 Å². The molecule has 0 unspecified atom stereocenters. The predicted molar refractivity (Wildman–Crippen MR) is 114 cm³/mol. The second-order valence-corrected chi connectivity index (χ2v) is 7.89. The molecule has 156 valence electrons. The van der Waals surface area contributed by atoms with Gasteiger partial charge in [-0.15, -0.1) is 0 Å². The van der Waals surface area contributed by atoms with Crippen LogP contribution in [-0.4, -0.2) is 42.2 Å². The van der Waals surface area contributed by atoms with Gasteiger partial charge in [-0.3, -0.25) is 19.3 Å². The van der Waals surface area contributed by atoms with Crippen molar-refractivity contribution in [3.8, 4) is 5.75 Å². The Morgan fingerprint density at radius 1 is 1.23 bits per heavy atom. The van der Waals surface area contributed by atoms with Crippen molar-refractivity contribution in [1.29, 1.82) is 0 Å². The number of rotatable bonds is 6. The molecule has 0 aliphatic carbocycles. The van der Waals surface area contributed by atoms with Gasteiger partial charge >= 0.3 is 0 Å². The van der Waals surface area contributed by atoms with E-state index >= 15 is 0 Å². The Morgan fingerprint density at radius 2 is 1.90 bits per heavy atom. The van der Waals surface area contributed by atoms with E-state index in [4.69, 9.17) is 27.9 Å². The first-order chi connectivity index (χ1) is 14.3. The number of carbonyl (C=O) groups is 3. The van der Waals surface area contributed by atoms with Crippen molar-refractivity contribution in [2.45, 2.75) is 0 Å². The van der Waals surface area contributed by atoms with Crippen molar-refractivity contribution >= 4 is 58.1 Å². The number of hydrogen-bond acceptors (Lipinski definition) is 5. The number of imide groups is 1. The molecule has 0 aromatic heterocycles. The lowest BCUT2D eigenvalue weighted by molar-refractivity contribution is -0.122. The summed E-state index contributed by atoms with van der Waals surface area (Å²) < 4.78 is 18.8. The minimum absolute atomic E-state index is 0.0190. The van der Waals surface area contributed by atoms with Crippen molar-refractivity contribution in [3.05, 3.63) is 68.3 Å². The quantitative estimate of drug-likeness (QED) is 0.626. The molecule has 30 heavy (non-hydrogen) atoms. The average Bonchev–Trinajstić information content (AvgIpc) is 2.96. The van der Waals surface area contributed by atoms with E-state index in [9.17, 15) is 18.8 Å². The number of methoxy groups -OCH3 is 1. The molecule has 1 N–H and O–H groups in total. The van der Waals surface area contributed by atoms with E-state index in [1.165, 1.54) is 43.5 Å². The van der Waals surface area contributed by atoms with Gasteiger partial charge in [-0.2, -0.15) is 0 Å². The number of amides is 3. The number of benzene rings is 2. The summed E-state index contributed by atoms with van der Waals surface area (Å²) in [6.07, 6.45) is 1.33. The van der Waals surface area contributed by atoms with Crippen LogP contribution in [0.1, 0.15) is 15.9 Å². The molecule has 6 nitrogen and oxygen atoms in total. The van der Waals surface area contributed by atoms with Gasteiger partial charge in [0.1, 0.15) is 5.82 Å². The van der Waals surface area contributed by atoms with Crippen LogP contribution in [0.25, 0.3) is 6.08 Å². The summed E-state index contributed by atoms with van der Waals surface area (Å²) in [5.41, 5.74) is 0.420. The van der Waals surface area contributed by atoms with Gasteiger partial charge in [0.05, 0.1) is 22.1 Å². The molecule has 2 aromatic rings. The third-order valence-corrected chi connectivity index (χ3v) is 5.62. The summed E-state index contributed by atoms with van der Waals surface area (Å²) in [7, 11) is 1.41. The summed E-state index contributed by atoms with van der Waals surface area (Å²) in [5, 5.41) is 2.47. The van der Waals surface area contributed by atoms with Crippen LogP contribution in [-0.2, 0) is 4.79 Å². The Hall–Kier alpha value is -2.55. The molecule has 10 heteroatoms. The molecular formula is C20H15Cl2FN2O4S. The first-order valence-corrected chi connectivity index (χ1v) is 10.2. The van der Waals surface area contributed by atoms with E-state index in [1.807, 2.05) is 0 Å². The number of halogens is 3. The molecule has 0 atom stereocenters. The molecule has 0 radical (unpaired) electrons. The Morgan fingerprint density at radius 3 is 2.53 bits per heavy atom. The van der Waals surface area contributed by atoms with Crippen molar-refractivity contribution in [1.82, 2.24) is 10.2 Å². The second-order valence-electron chi connectivity index (χ2n) is 6.08. The smallest absolute Gasteiger partial charge is 0.293 e. The lowest BCUT2D eigenvalue weighted by Crippen LogP contribution is -2.37. The van der Waals surface area contributed by atoms with Crippen LogP contribution in [0.2, 0.25) is 10.0 Å². The SMILES string of the molecule is COc1c(Cl)cc(C(=O)NCCN2C(=O)S/C(=C\c3ccccc3F)C2=O)cc1Cl. The molecule has 1 aliphatic rings. The number of carbonyl (C=O) groups excluding carboxylic acids is 3. The van der Waals surface area contributed by atoms with Crippen molar-refractivity contribution < 1.29 is 23.5 Å². The van der Waals surface area contributed by atoms with Crippen LogP contribution in [0.4, 0.5) is 9.18 Å². The fourth-order valence-electron chi connectivity index (χ4n) is 2.70. The number of nitrogens with one attached hydrogen (secondary N) is 1. The van der Waals surface area contributed by atoms with Gasteiger partial charge in [0.2, 0.25) is 0 Å². The number of ether oxygens (including phenoxy) is 1. The molecule has 1 aliphatic heterocycles. The molecule has 1 fully saturated rings. The highest BCUT2D eigenvalue weighted by Gasteiger charge is 2.34. The third kappa shape index (κ3) is 4.77. The van der Waals surface area contributed by atoms with Crippen LogP contribution in [0.15, 0.2) is 41.3 Å². The van der Waals surface area contributed by atoms with Crippen molar-refractivity contribution in [2.75, 3.05) is 20.2 Å². The van der Waals surface area contributed by atoms with E-state index in [0.29, 0.717) is 0 Å². The highest BCUT2D eigenvalue weighted by atomic mass is 35.5. The zero-order chi connectivity index (χ0) is 21.8. The molecule has 1 heterocycles. The van der Waals surface area contributed by atoms with Gasteiger partial charge in [-0.05, 0) is 36.0 Å². The molecular weight excluding hydrogens is 454 g/mol. The van der Waals surface area contributed by atoms with Gasteiger partial charge in [0.25, 0.3) is 17.1 Å². The fourth-order valence-corrected chi connectivity index (χ4v) is 4.19. The lowest BCUT2D eigenvalue weighted by Gasteiger charge is -2.13. The zero-order valence-corrected chi connectivity index (χ0v) is 17.9. The molecule has 3 rings (SSSR count). The first-order valence-electron chi connectivity index (χ1n) is 8.63. The van der Waals surface area contributed by atoms with E-state index in [2.05, 4.69) is 5.32 Å². The van der Waals surface area contributed by atoms with Gasteiger partial charge in [0, 0.05) is 24.2 Å². The highest BCUT2D eigenvalue weighted by Crippen LogP contribution is 2.34. The zero-order valence-electron chi connectivity index (χ0n) is 15.6. The second kappa shape index (κ2) is 9.51. The highest BCUT2D eigenvalue weighted by molar-refractivity contribution is 8.18. The molecule has 0 bridgehead atoms. The third-order valence-electron chi connectivity index (χ3n) is 4.15. The van der Waals surface area contributed by atoms with Crippen molar-refractivity contribution in [3.63, 3.8) is 0 Å². The summed E-state index contributed by atoms with van der Waals surface area (Å²) in [6, 6.07) is 8.74. The number of thioether (sulfide) groups is 1. The van der Waals surface area contributed by atoms with E-state index < -0.39 is 22.9 Å². The van der Waals surface area contributed by atoms with Crippen LogP contribution >= 0.6 is 35.0 Å². The number of hydrogen-bond donors (Lipinski definition) is 1. The molecule has 0 saturated carbocycles. The van der Waals surface area contributed by atoms with Crippen LogP contribution in [0.5, 0.6) is 5.75 Å². The van der Waals surface area contributed by atoms with Gasteiger partial charge in [0.15, 0.2) is 5.75 Å². The van der Waals surface area contributed by atoms with Crippen molar-refractivity contribution in [2.24, 2.45) is 0 Å². The summed E-state index contributed by atoms with van der Waals surface area (Å²) in [4.78, 5) is 38.0. The van der Waals surface area contributed by atoms with E-state index in [-0.39, 0.29) is 44.9 Å². The van der Waals surface area contributed by atoms with E-state index in [0.717, 1.165) is 16.7 Å². The minimum Gasteiger partial charge on any atom is -0.494 e. The Balaban J connectivity index is 1.62. The fraction of sp³-hybridized carbons (Fsp3) is 0.150. The molecule has 0 spiro atoms. The summed E-state index contributed by atoms with van der Waals surface area (Å²) in [5.74, 6) is -1.25. The molecule has 1 saturated heterocycles. The largest absolute Gasteiger partial charge is 0.494 e. The van der Waals surface area contributed by atoms with E-state index in [1.54, 1.807) is 6.07 Å². The Kier molecular flexibility index (Phi) is 7.02. The molecule has 2 aromatic carbocycles. The predicted octanol–water partition coefficient (Wildman–Crippen LogP) is 4.61.